The van der Waals surface area contributed by atoms with Crippen molar-refractivity contribution in [3.05, 3.63) is 35.2 Å². The molecule has 2 heterocycles. The van der Waals surface area contributed by atoms with Gasteiger partial charge in [0.05, 0.1) is 0 Å². The van der Waals surface area contributed by atoms with Gasteiger partial charge in [-0.25, -0.2) is 0 Å². The molecular formula is C17H24N2S. The topological polar surface area (TPSA) is 15.3 Å². The fourth-order valence-electron chi connectivity index (χ4n) is 3.09. The van der Waals surface area contributed by atoms with Gasteiger partial charge in [0.2, 0.25) is 0 Å². The molecule has 1 atom stereocenters. The second-order valence-corrected chi connectivity index (χ2v) is 7.07. The van der Waals surface area contributed by atoms with Gasteiger partial charge in [0, 0.05) is 23.3 Å². The van der Waals surface area contributed by atoms with Crippen LogP contribution in [0.2, 0.25) is 0 Å². The van der Waals surface area contributed by atoms with Gasteiger partial charge in [-0.15, -0.1) is 11.3 Å². The quantitative estimate of drug-likeness (QED) is 0.922. The van der Waals surface area contributed by atoms with Crippen molar-refractivity contribution in [1.29, 1.82) is 0 Å². The third-order valence-electron chi connectivity index (χ3n) is 4.51. The number of benzene rings is 1. The highest BCUT2D eigenvalue weighted by atomic mass is 32.1. The van der Waals surface area contributed by atoms with E-state index in [1.54, 1.807) is 0 Å². The largest absolute Gasteiger partial charge is 0.310 e. The molecular weight excluding hydrogens is 264 g/mol. The van der Waals surface area contributed by atoms with Crippen LogP contribution in [-0.4, -0.2) is 30.1 Å². The van der Waals surface area contributed by atoms with E-state index in [-0.39, 0.29) is 5.54 Å². The number of hydrogen-bond acceptors (Lipinski definition) is 3. The van der Waals surface area contributed by atoms with Crippen molar-refractivity contribution in [2.75, 3.05) is 19.6 Å². The second-order valence-electron chi connectivity index (χ2n) is 6.16. The summed E-state index contributed by atoms with van der Waals surface area (Å²) in [6, 6.07) is 8.77. The second kappa shape index (κ2) is 5.84. The Labute approximate surface area is 125 Å². The lowest BCUT2D eigenvalue weighted by Gasteiger charge is -2.32. The lowest BCUT2D eigenvalue weighted by atomic mass is 9.98. The summed E-state index contributed by atoms with van der Waals surface area (Å²) < 4.78 is 1.41. The predicted molar refractivity (Wildman–Crippen MR) is 88.4 cm³/mol. The Morgan fingerprint density at radius 2 is 2.20 bits per heavy atom. The minimum Gasteiger partial charge on any atom is -0.310 e. The summed E-state index contributed by atoms with van der Waals surface area (Å²) >= 11 is 1.87. The van der Waals surface area contributed by atoms with Gasteiger partial charge in [0.1, 0.15) is 0 Å². The first-order chi connectivity index (χ1) is 9.70. The Morgan fingerprint density at radius 1 is 1.35 bits per heavy atom. The zero-order valence-corrected chi connectivity index (χ0v) is 13.3. The van der Waals surface area contributed by atoms with Crippen molar-refractivity contribution in [3.8, 4) is 0 Å². The molecule has 1 aromatic carbocycles. The van der Waals surface area contributed by atoms with Crippen LogP contribution in [0.1, 0.15) is 32.3 Å². The Hall–Kier alpha value is -0.900. The summed E-state index contributed by atoms with van der Waals surface area (Å²) in [5.41, 5.74) is 1.76. The maximum Gasteiger partial charge on any atom is 0.0346 e. The fraction of sp³-hybridized carbons (Fsp3) is 0.529. The first-order valence-electron chi connectivity index (χ1n) is 7.63. The fourth-order valence-corrected chi connectivity index (χ4v) is 4.04. The van der Waals surface area contributed by atoms with E-state index in [1.807, 2.05) is 11.3 Å². The number of nitrogens with zero attached hydrogens (tertiary/aromatic N) is 1. The number of thiophene rings is 1. The molecule has 3 rings (SSSR count). The number of fused-ring (bicyclic) bond motifs is 1. The lowest BCUT2D eigenvalue weighted by Crippen LogP contribution is -2.48. The summed E-state index contributed by atoms with van der Waals surface area (Å²) in [5.74, 6) is 0. The monoisotopic (exact) mass is 288 g/mol. The molecule has 0 spiro atoms. The van der Waals surface area contributed by atoms with Gasteiger partial charge in [-0.3, -0.25) is 4.90 Å². The maximum absolute atomic E-state index is 3.72. The van der Waals surface area contributed by atoms with E-state index in [1.165, 1.54) is 35.0 Å². The van der Waals surface area contributed by atoms with Crippen LogP contribution in [0, 0.1) is 0 Å². The molecule has 2 aromatic rings. The smallest absolute Gasteiger partial charge is 0.0346 e. The molecule has 0 saturated carbocycles. The van der Waals surface area contributed by atoms with Crippen LogP contribution in [0.15, 0.2) is 29.6 Å². The first kappa shape index (κ1) is 14.1. The zero-order chi connectivity index (χ0) is 14.0. The van der Waals surface area contributed by atoms with Crippen molar-refractivity contribution < 1.29 is 0 Å². The van der Waals surface area contributed by atoms with Crippen LogP contribution >= 0.6 is 11.3 Å². The van der Waals surface area contributed by atoms with Gasteiger partial charge in [-0.05, 0) is 55.3 Å². The lowest BCUT2D eigenvalue weighted by molar-refractivity contribution is 0.209. The van der Waals surface area contributed by atoms with Gasteiger partial charge in [0.15, 0.2) is 0 Å². The third-order valence-corrected chi connectivity index (χ3v) is 5.52. The molecule has 0 aliphatic carbocycles. The van der Waals surface area contributed by atoms with Crippen LogP contribution in [0.3, 0.4) is 0 Å². The van der Waals surface area contributed by atoms with Crippen LogP contribution in [0.4, 0.5) is 0 Å². The van der Waals surface area contributed by atoms with Crippen molar-refractivity contribution >= 4 is 21.4 Å². The highest BCUT2D eigenvalue weighted by Gasteiger charge is 2.27. The van der Waals surface area contributed by atoms with E-state index in [9.17, 15) is 0 Å². The van der Waals surface area contributed by atoms with Gasteiger partial charge in [-0.2, -0.15) is 0 Å². The Balaban J connectivity index is 1.79. The molecule has 108 valence electrons. The molecule has 1 aliphatic heterocycles. The average Bonchev–Trinajstić information content (AvgIpc) is 2.76. The molecule has 1 N–H and O–H groups in total. The minimum absolute atomic E-state index is 0.266. The molecule has 1 unspecified atom stereocenters. The Morgan fingerprint density at radius 3 is 3.05 bits per heavy atom. The summed E-state index contributed by atoms with van der Waals surface area (Å²) in [4.78, 5) is 2.62. The average molecular weight is 288 g/mol. The van der Waals surface area contributed by atoms with Crippen molar-refractivity contribution in [1.82, 2.24) is 10.2 Å². The summed E-state index contributed by atoms with van der Waals surface area (Å²) in [6.07, 6.45) is 2.44. The van der Waals surface area contributed by atoms with Crippen molar-refractivity contribution in [2.24, 2.45) is 0 Å². The Bertz CT molecular complexity index is 577. The summed E-state index contributed by atoms with van der Waals surface area (Å²) in [5, 5.41) is 7.49. The highest BCUT2D eigenvalue weighted by molar-refractivity contribution is 7.17. The molecule has 1 saturated heterocycles. The van der Waals surface area contributed by atoms with E-state index >= 15 is 0 Å². The first-order valence-corrected chi connectivity index (χ1v) is 8.51. The van der Waals surface area contributed by atoms with Crippen LogP contribution in [-0.2, 0) is 6.54 Å². The molecule has 1 aliphatic rings. The summed E-state index contributed by atoms with van der Waals surface area (Å²) in [7, 11) is 0. The number of nitrogens with one attached hydrogen (secondary N) is 1. The highest BCUT2D eigenvalue weighted by Crippen LogP contribution is 2.27. The molecule has 2 nitrogen and oxygen atoms in total. The SMILES string of the molecule is CCC1(C)CN(Cc2csc3ccccc23)CCCN1. The van der Waals surface area contributed by atoms with E-state index in [0.717, 1.165) is 19.6 Å². The number of rotatable bonds is 3. The molecule has 20 heavy (non-hydrogen) atoms. The van der Waals surface area contributed by atoms with E-state index < -0.39 is 0 Å². The van der Waals surface area contributed by atoms with Crippen LogP contribution < -0.4 is 5.32 Å². The van der Waals surface area contributed by atoms with E-state index in [4.69, 9.17) is 0 Å². The predicted octanol–water partition coefficient (Wildman–Crippen LogP) is 3.87. The molecule has 0 amide bonds. The number of hydrogen-bond donors (Lipinski definition) is 1. The van der Waals surface area contributed by atoms with E-state index in [0.29, 0.717) is 0 Å². The van der Waals surface area contributed by atoms with Gasteiger partial charge in [-0.1, -0.05) is 25.1 Å². The van der Waals surface area contributed by atoms with E-state index in [2.05, 4.69) is 53.7 Å². The van der Waals surface area contributed by atoms with Crippen molar-refractivity contribution in [3.63, 3.8) is 0 Å². The van der Waals surface area contributed by atoms with Crippen molar-refractivity contribution in [2.45, 2.75) is 38.8 Å². The molecule has 0 radical (unpaired) electrons. The van der Waals surface area contributed by atoms with Gasteiger partial charge in [0.25, 0.3) is 0 Å². The normalized spacial score (nSPS) is 24.9. The summed E-state index contributed by atoms with van der Waals surface area (Å²) in [6.45, 7) is 9.22. The minimum atomic E-state index is 0.266. The molecule has 1 fully saturated rings. The molecule has 0 bridgehead atoms. The third kappa shape index (κ3) is 2.90. The maximum atomic E-state index is 3.72. The van der Waals surface area contributed by atoms with Crippen LogP contribution in [0.25, 0.3) is 10.1 Å². The Kier molecular flexibility index (Phi) is 4.11. The molecule has 1 aromatic heterocycles. The van der Waals surface area contributed by atoms with Crippen LogP contribution in [0.5, 0.6) is 0 Å². The standard InChI is InChI=1S/C17H24N2S/c1-3-17(2)13-19(10-6-9-18-17)11-14-12-20-16-8-5-4-7-15(14)16/h4-5,7-8,12,18H,3,6,9-11,13H2,1-2H3. The molecule has 3 heteroatoms. The van der Waals surface area contributed by atoms with Gasteiger partial charge < -0.3 is 5.32 Å². The van der Waals surface area contributed by atoms with Gasteiger partial charge >= 0.3 is 0 Å². The zero-order valence-electron chi connectivity index (χ0n) is 12.5.